The van der Waals surface area contributed by atoms with Crippen LogP contribution in [0.25, 0.3) is 0 Å². The normalized spacial score (nSPS) is 42.3. The van der Waals surface area contributed by atoms with Crippen LogP contribution in [0.3, 0.4) is 0 Å². The molecule has 1 heterocycles. The minimum absolute atomic E-state index is 0.0109. The third-order valence-corrected chi connectivity index (χ3v) is 13.3. The Kier molecular flexibility index (Phi) is 11.2. The van der Waals surface area contributed by atoms with Crippen molar-refractivity contribution in [3.63, 3.8) is 0 Å². The van der Waals surface area contributed by atoms with E-state index in [9.17, 15) is 39.3 Å². The molecule has 296 valence electrons. The quantitative estimate of drug-likeness (QED) is 0.134. The summed E-state index contributed by atoms with van der Waals surface area (Å²) in [4.78, 5) is 62.6. The number of allylic oxidation sites excluding steroid dienone is 1. The Morgan fingerprint density at radius 1 is 0.868 bits per heavy atom. The van der Waals surface area contributed by atoms with Gasteiger partial charge < -0.3 is 43.7 Å². The van der Waals surface area contributed by atoms with Gasteiger partial charge in [-0.3, -0.25) is 19.2 Å². The molecule has 1 saturated heterocycles. The van der Waals surface area contributed by atoms with Crippen molar-refractivity contribution >= 4 is 29.7 Å². The number of Topliss-reactive ketones (excluding diaryl/α,β-unsaturated/α-hetero) is 1. The molecular formula is C39H56O14. The first-order valence-electron chi connectivity index (χ1n) is 18.6. The summed E-state index contributed by atoms with van der Waals surface area (Å²) < 4.78 is 34.8. The van der Waals surface area contributed by atoms with Crippen molar-refractivity contribution in [3.8, 4) is 0 Å². The van der Waals surface area contributed by atoms with Crippen LogP contribution in [0.5, 0.6) is 0 Å². The second-order valence-corrected chi connectivity index (χ2v) is 16.5. The number of carbonyl (C=O) groups is 5. The van der Waals surface area contributed by atoms with E-state index in [2.05, 4.69) is 0 Å². The van der Waals surface area contributed by atoms with Crippen molar-refractivity contribution in [2.75, 3.05) is 6.61 Å². The van der Waals surface area contributed by atoms with Gasteiger partial charge in [0.15, 0.2) is 30.4 Å². The largest absolute Gasteiger partial charge is 0.458 e. The van der Waals surface area contributed by atoms with Gasteiger partial charge in [-0.05, 0) is 77.0 Å². The lowest BCUT2D eigenvalue weighted by Crippen LogP contribution is -2.78. The van der Waals surface area contributed by atoms with Crippen LogP contribution < -0.4 is 0 Å². The molecular weight excluding hydrogens is 692 g/mol. The molecule has 0 radical (unpaired) electrons. The maximum Gasteiger partial charge on any atom is 0.330 e. The van der Waals surface area contributed by atoms with E-state index in [1.807, 2.05) is 33.8 Å². The molecule has 5 rings (SSSR count). The third-order valence-electron chi connectivity index (χ3n) is 13.3. The first kappa shape index (κ1) is 41.0. The number of ether oxygens (including phenoxy) is 6. The number of hydrogen-bond donors (Lipinski definition) is 3. The first-order valence-corrected chi connectivity index (χ1v) is 18.6. The van der Waals surface area contributed by atoms with Crippen molar-refractivity contribution < 1.29 is 67.7 Å². The Morgan fingerprint density at radius 3 is 2.08 bits per heavy atom. The van der Waals surface area contributed by atoms with Gasteiger partial charge in [-0.1, -0.05) is 38.0 Å². The molecule has 14 heteroatoms. The summed E-state index contributed by atoms with van der Waals surface area (Å²) >= 11 is 0. The highest BCUT2D eigenvalue weighted by atomic mass is 16.7. The number of aliphatic hydroxyl groups is 3. The van der Waals surface area contributed by atoms with Gasteiger partial charge in [-0.25, -0.2) is 4.79 Å². The topological polar surface area (TPSA) is 201 Å². The van der Waals surface area contributed by atoms with Gasteiger partial charge in [-0.15, -0.1) is 0 Å². The minimum atomic E-state index is -2.06. The van der Waals surface area contributed by atoms with E-state index in [0.717, 1.165) is 11.1 Å². The van der Waals surface area contributed by atoms with Crippen LogP contribution in [0, 0.1) is 22.7 Å². The van der Waals surface area contributed by atoms with Gasteiger partial charge in [0.1, 0.15) is 22.9 Å². The molecule has 0 unspecified atom stereocenters. The van der Waals surface area contributed by atoms with Crippen LogP contribution in [0.15, 0.2) is 23.3 Å². The SMILES string of the molecule is CC(=O)O[C@@H]1[C@@H](OC(C)=O)[C@H](O[C@H]2CC[C@@]3(C)C(=CC[C@]4(O)[C@@H]3C[C@@H](OC(=O)/C=C(\C)C(C)C)[C@@]3(C)[C@]4(O)CC[C@@]3(O)C(C)=O)C2)OC[C@H]1OC(C)=O. The van der Waals surface area contributed by atoms with Crippen molar-refractivity contribution in [2.24, 2.45) is 22.7 Å². The van der Waals surface area contributed by atoms with E-state index in [1.165, 1.54) is 33.8 Å². The van der Waals surface area contributed by atoms with Crippen LogP contribution in [-0.2, 0) is 52.4 Å². The molecule has 3 N–H and O–H groups in total. The molecule has 4 fully saturated rings. The van der Waals surface area contributed by atoms with E-state index >= 15 is 0 Å². The molecule has 12 atom stereocenters. The summed E-state index contributed by atoms with van der Waals surface area (Å²) in [5.74, 6) is -3.80. The highest BCUT2D eigenvalue weighted by molar-refractivity contribution is 5.87. The fourth-order valence-electron chi connectivity index (χ4n) is 10.0. The molecule has 0 aromatic carbocycles. The molecule has 0 amide bonds. The molecule has 1 aliphatic heterocycles. The predicted octanol–water partition coefficient (Wildman–Crippen LogP) is 3.16. The van der Waals surface area contributed by atoms with Crippen molar-refractivity contribution in [3.05, 3.63) is 23.3 Å². The lowest BCUT2D eigenvalue weighted by Gasteiger charge is -2.67. The van der Waals surface area contributed by atoms with E-state index in [1.54, 1.807) is 6.92 Å². The van der Waals surface area contributed by atoms with Crippen LogP contribution >= 0.6 is 0 Å². The Labute approximate surface area is 310 Å². The van der Waals surface area contributed by atoms with E-state index in [4.69, 9.17) is 28.4 Å². The van der Waals surface area contributed by atoms with Crippen molar-refractivity contribution in [1.82, 2.24) is 0 Å². The van der Waals surface area contributed by atoms with Crippen molar-refractivity contribution in [2.45, 2.75) is 161 Å². The number of carbonyl (C=O) groups excluding carboxylic acids is 5. The molecule has 0 spiro atoms. The average Bonchev–Trinajstić information content (AvgIpc) is 3.28. The molecule has 53 heavy (non-hydrogen) atoms. The summed E-state index contributed by atoms with van der Waals surface area (Å²) in [5.41, 5.74) is -6.57. The molecule has 3 saturated carbocycles. The van der Waals surface area contributed by atoms with E-state index in [-0.39, 0.29) is 38.2 Å². The second kappa shape index (κ2) is 14.5. The fourth-order valence-corrected chi connectivity index (χ4v) is 10.0. The number of esters is 4. The van der Waals surface area contributed by atoms with Gasteiger partial charge in [0.25, 0.3) is 0 Å². The van der Waals surface area contributed by atoms with Crippen molar-refractivity contribution in [1.29, 1.82) is 0 Å². The summed E-state index contributed by atoms with van der Waals surface area (Å²) in [6.45, 7) is 13.9. The number of ketones is 1. The standard InChI is InChI=1S/C39H56O14/c1-20(2)21(3)16-31(44)53-30-18-29-35(8)12-11-27(52-34-33(51-25(7)43)32(50-24(6)42)28(19-48-34)49-23(5)41)17-26(35)10-13-38(29,46)39(47)15-14-37(45,22(4)40)36(30,39)9/h10,16,20,27-30,32-34,45-47H,11-15,17-19H2,1-9H3/b21-16+/t27-,28+,29+,30+,32-,33+,34-,35-,36+,37+,38-,39+/m0/s1. The van der Waals surface area contributed by atoms with Gasteiger partial charge in [0, 0.05) is 32.8 Å². The Balaban J connectivity index is 1.45. The lowest BCUT2D eigenvalue weighted by atomic mass is 9.42. The zero-order valence-electron chi connectivity index (χ0n) is 32.3. The molecule has 0 bridgehead atoms. The minimum Gasteiger partial charge on any atom is -0.458 e. The van der Waals surface area contributed by atoms with Gasteiger partial charge in [0.2, 0.25) is 0 Å². The zero-order valence-corrected chi connectivity index (χ0v) is 32.3. The summed E-state index contributed by atoms with van der Waals surface area (Å²) in [6.07, 6.45) is -1.80. The smallest absolute Gasteiger partial charge is 0.330 e. The molecule has 0 aromatic heterocycles. The van der Waals surface area contributed by atoms with Gasteiger partial charge >= 0.3 is 23.9 Å². The van der Waals surface area contributed by atoms with Gasteiger partial charge in [0.05, 0.1) is 18.1 Å². The highest BCUT2D eigenvalue weighted by Crippen LogP contribution is 2.71. The number of hydrogen-bond acceptors (Lipinski definition) is 14. The van der Waals surface area contributed by atoms with Crippen LogP contribution in [-0.4, -0.2) is 105 Å². The zero-order chi connectivity index (χ0) is 39.5. The predicted molar refractivity (Wildman–Crippen MR) is 185 cm³/mol. The Morgan fingerprint density at radius 2 is 1.49 bits per heavy atom. The second-order valence-electron chi connectivity index (χ2n) is 16.5. The third kappa shape index (κ3) is 6.76. The number of fused-ring (bicyclic) bond motifs is 5. The van der Waals surface area contributed by atoms with Crippen LogP contribution in [0.1, 0.15) is 107 Å². The summed E-state index contributed by atoms with van der Waals surface area (Å²) in [5, 5.41) is 37.5. The highest BCUT2D eigenvalue weighted by Gasteiger charge is 2.81. The van der Waals surface area contributed by atoms with E-state index in [0.29, 0.717) is 19.3 Å². The Hall–Kier alpha value is -3.17. The lowest BCUT2D eigenvalue weighted by molar-refractivity contribution is -0.316. The van der Waals surface area contributed by atoms with Crippen LogP contribution in [0.2, 0.25) is 0 Å². The maximum atomic E-state index is 13.4. The van der Waals surface area contributed by atoms with Crippen LogP contribution in [0.4, 0.5) is 0 Å². The fraction of sp³-hybridized carbons (Fsp3) is 0.769. The average molecular weight is 749 g/mol. The monoisotopic (exact) mass is 748 g/mol. The maximum absolute atomic E-state index is 13.4. The summed E-state index contributed by atoms with van der Waals surface area (Å²) in [6, 6.07) is 0. The Bertz CT molecular complexity index is 1570. The first-order chi connectivity index (χ1) is 24.5. The molecule has 0 aromatic rings. The molecule has 5 aliphatic rings. The number of rotatable bonds is 9. The van der Waals surface area contributed by atoms with Gasteiger partial charge in [-0.2, -0.15) is 0 Å². The summed E-state index contributed by atoms with van der Waals surface area (Å²) in [7, 11) is 0. The van der Waals surface area contributed by atoms with E-state index < -0.39 is 100 Å². The molecule has 14 nitrogen and oxygen atoms in total. The molecule has 4 aliphatic carbocycles.